The first-order chi connectivity index (χ1) is 10.3. The maximum absolute atomic E-state index is 12.5. The van der Waals surface area contributed by atoms with Crippen LogP contribution in [0.5, 0.6) is 5.75 Å². The Morgan fingerprint density at radius 3 is 2.59 bits per heavy atom. The Kier molecular flexibility index (Phi) is 5.02. The van der Waals surface area contributed by atoms with Gasteiger partial charge in [0.1, 0.15) is 10.6 Å². The third kappa shape index (κ3) is 3.56. The van der Waals surface area contributed by atoms with Crippen LogP contribution in [-0.4, -0.2) is 26.5 Å². The number of sulfonamides is 1. The molecule has 1 aromatic carbocycles. The van der Waals surface area contributed by atoms with Gasteiger partial charge in [-0.05, 0) is 24.8 Å². The van der Waals surface area contributed by atoms with Crippen molar-refractivity contribution in [2.24, 2.45) is 5.92 Å². The minimum atomic E-state index is -3.78. The molecule has 1 aliphatic rings. The van der Waals surface area contributed by atoms with Crippen LogP contribution in [0.4, 0.5) is 5.69 Å². The van der Waals surface area contributed by atoms with Gasteiger partial charge in [0.25, 0.3) is 5.69 Å². The molecule has 0 heterocycles. The van der Waals surface area contributed by atoms with E-state index in [1.165, 1.54) is 19.2 Å². The summed E-state index contributed by atoms with van der Waals surface area (Å²) in [7, 11) is -2.48. The van der Waals surface area contributed by atoms with Crippen molar-refractivity contribution in [2.75, 3.05) is 7.11 Å². The van der Waals surface area contributed by atoms with Gasteiger partial charge < -0.3 is 4.74 Å². The van der Waals surface area contributed by atoms with Gasteiger partial charge in [0.2, 0.25) is 10.0 Å². The number of methoxy groups -OCH3 is 1. The Labute approximate surface area is 129 Å². The first-order valence-corrected chi connectivity index (χ1v) is 8.68. The van der Waals surface area contributed by atoms with Crippen LogP contribution in [0.15, 0.2) is 23.1 Å². The Bertz CT molecular complexity index is 659. The molecule has 1 N–H and O–H groups in total. The molecule has 1 aliphatic carbocycles. The molecule has 122 valence electrons. The number of rotatable bonds is 5. The maximum Gasteiger partial charge on any atom is 0.273 e. The van der Waals surface area contributed by atoms with E-state index in [9.17, 15) is 18.5 Å². The van der Waals surface area contributed by atoms with Gasteiger partial charge in [0.15, 0.2) is 0 Å². The van der Waals surface area contributed by atoms with Crippen LogP contribution in [0.1, 0.15) is 32.6 Å². The average molecular weight is 328 g/mol. The van der Waals surface area contributed by atoms with Crippen molar-refractivity contribution < 1.29 is 18.1 Å². The third-order valence-corrected chi connectivity index (χ3v) is 5.59. The van der Waals surface area contributed by atoms with Crippen LogP contribution < -0.4 is 9.46 Å². The summed E-state index contributed by atoms with van der Waals surface area (Å²) in [6.07, 6.45) is 3.90. The van der Waals surface area contributed by atoms with E-state index in [4.69, 9.17) is 4.74 Å². The number of nitro groups is 1. The van der Waals surface area contributed by atoms with Gasteiger partial charge in [-0.15, -0.1) is 0 Å². The molecule has 0 aliphatic heterocycles. The quantitative estimate of drug-likeness (QED) is 0.661. The monoisotopic (exact) mass is 328 g/mol. The van der Waals surface area contributed by atoms with E-state index in [1.807, 2.05) is 6.92 Å². The fourth-order valence-corrected chi connectivity index (χ4v) is 4.28. The molecule has 7 nitrogen and oxygen atoms in total. The van der Waals surface area contributed by atoms with E-state index in [2.05, 4.69) is 4.72 Å². The Morgan fingerprint density at radius 1 is 1.32 bits per heavy atom. The third-order valence-electron chi connectivity index (χ3n) is 4.07. The van der Waals surface area contributed by atoms with Gasteiger partial charge in [-0.3, -0.25) is 10.1 Å². The number of nitro benzene ring substituents is 1. The summed E-state index contributed by atoms with van der Waals surface area (Å²) in [5, 5.41) is 10.8. The summed E-state index contributed by atoms with van der Waals surface area (Å²) in [4.78, 5) is 10.1. The number of non-ortho nitro benzene ring substituents is 1. The predicted octanol–water partition coefficient (Wildman–Crippen LogP) is 2.46. The molecule has 0 unspecified atom stereocenters. The average Bonchev–Trinajstić information content (AvgIpc) is 2.48. The van der Waals surface area contributed by atoms with Gasteiger partial charge in [-0.1, -0.05) is 19.8 Å². The lowest BCUT2D eigenvalue weighted by Crippen LogP contribution is -2.41. The summed E-state index contributed by atoms with van der Waals surface area (Å²) in [6.45, 7) is 2.03. The lowest BCUT2D eigenvalue weighted by atomic mass is 9.87. The number of nitrogens with one attached hydrogen (secondary N) is 1. The van der Waals surface area contributed by atoms with Crippen LogP contribution in [-0.2, 0) is 10.0 Å². The summed E-state index contributed by atoms with van der Waals surface area (Å²) >= 11 is 0. The summed E-state index contributed by atoms with van der Waals surface area (Å²) < 4.78 is 32.8. The standard InChI is InChI=1S/C14H20N2O5S/c1-10-5-3-4-6-12(10)15-22(19,20)14-8-7-11(16(17)18)9-13(14)21-2/h7-10,12,15H,3-6H2,1-2H3/t10-,12+/m0/s1. The molecule has 8 heteroatoms. The van der Waals surface area contributed by atoms with E-state index in [0.29, 0.717) is 0 Å². The zero-order valence-corrected chi connectivity index (χ0v) is 13.4. The van der Waals surface area contributed by atoms with Gasteiger partial charge in [0, 0.05) is 12.1 Å². The Morgan fingerprint density at radius 2 is 2.00 bits per heavy atom. The van der Waals surface area contributed by atoms with Crippen LogP contribution in [0.25, 0.3) is 0 Å². The van der Waals surface area contributed by atoms with Crippen molar-refractivity contribution in [3.05, 3.63) is 28.3 Å². The first-order valence-electron chi connectivity index (χ1n) is 7.20. The molecule has 0 amide bonds. The van der Waals surface area contributed by atoms with Crippen molar-refractivity contribution in [2.45, 2.75) is 43.5 Å². The van der Waals surface area contributed by atoms with E-state index in [1.54, 1.807) is 0 Å². The molecular formula is C14H20N2O5S. The second-order valence-corrected chi connectivity index (χ2v) is 7.26. The molecule has 22 heavy (non-hydrogen) atoms. The highest BCUT2D eigenvalue weighted by atomic mass is 32.2. The molecular weight excluding hydrogens is 308 g/mol. The number of hydrogen-bond acceptors (Lipinski definition) is 5. The summed E-state index contributed by atoms with van der Waals surface area (Å²) in [5.74, 6) is 0.248. The van der Waals surface area contributed by atoms with Crippen molar-refractivity contribution in [1.29, 1.82) is 0 Å². The number of benzene rings is 1. The van der Waals surface area contributed by atoms with Gasteiger partial charge in [-0.2, -0.15) is 0 Å². The fourth-order valence-electron chi connectivity index (χ4n) is 2.75. The molecule has 1 aromatic rings. The smallest absolute Gasteiger partial charge is 0.273 e. The molecule has 1 fully saturated rings. The van der Waals surface area contributed by atoms with E-state index in [0.717, 1.165) is 31.7 Å². The first kappa shape index (κ1) is 16.7. The van der Waals surface area contributed by atoms with Crippen LogP contribution >= 0.6 is 0 Å². The highest BCUT2D eigenvalue weighted by Crippen LogP contribution is 2.30. The Hall–Kier alpha value is -1.67. The van der Waals surface area contributed by atoms with Crippen molar-refractivity contribution in [1.82, 2.24) is 4.72 Å². The molecule has 0 aromatic heterocycles. The predicted molar refractivity (Wildman–Crippen MR) is 81.4 cm³/mol. The fraction of sp³-hybridized carbons (Fsp3) is 0.571. The largest absolute Gasteiger partial charge is 0.495 e. The van der Waals surface area contributed by atoms with Crippen LogP contribution in [0.2, 0.25) is 0 Å². The lowest BCUT2D eigenvalue weighted by Gasteiger charge is -2.29. The molecule has 0 spiro atoms. The van der Waals surface area contributed by atoms with Gasteiger partial charge in [-0.25, -0.2) is 13.1 Å². The van der Waals surface area contributed by atoms with Crippen LogP contribution in [0.3, 0.4) is 0 Å². The molecule has 0 radical (unpaired) electrons. The molecule has 2 atom stereocenters. The summed E-state index contributed by atoms with van der Waals surface area (Å²) in [5.41, 5.74) is -0.207. The summed E-state index contributed by atoms with van der Waals surface area (Å²) in [6, 6.07) is 3.39. The van der Waals surface area contributed by atoms with Gasteiger partial charge in [0.05, 0.1) is 18.1 Å². The molecule has 1 saturated carbocycles. The number of nitrogens with zero attached hydrogens (tertiary/aromatic N) is 1. The van der Waals surface area contributed by atoms with E-state index >= 15 is 0 Å². The molecule has 2 rings (SSSR count). The van der Waals surface area contributed by atoms with Crippen molar-refractivity contribution in [3.63, 3.8) is 0 Å². The van der Waals surface area contributed by atoms with E-state index < -0.39 is 14.9 Å². The normalized spacial score (nSPS) is 22.3. The second kappa shape index (κ2) is 6.62. The minimum absolute atomic E-state index is 0.0230. The maximum atomic E-state index is 12.5. The minimum Gasteiger partial charge on any atom is -0.495 e. The second-order valence-electron chi connectivity index (χ2n) is 5.58. The molecule has 0 saturated heterocycles. The van der Waals surface area contributed by atoms with E-state index in [-0.39, 0.29) is 28.3 Å². The van der Waals surface area contributed by atoms with Crippen molar-refractivity contribution in [3.8, 4) is 5.75 Å². The van der Waals surface area contributed by atoms with Gasteiger partial charge >= 0.3 is 0 Å². The highest BCUT2D eigenvalue weighted by Gasteiger charge is 2.29. The SMILES string of the molecule is COc1cc([N+](=O)[O-])ccc1S(=O)(=O)N[C@@H]1CCCC[C@@H]1C. The zero-order valence-electron chi connectivity index (χ0n) is 12.6. The Balaban J connectivity index is 2.30. The lowest BCUT2D eigenvalue weighted by molar-refractivity contribution is -0.385. The molecule has 0 bridgehead atoms. The number of hydrogen-bond donors (Lipinski definition) is 1. The van der Waals surface area contributed by atoms with Crippen LogP contribution in [0, 0.1) is 16.0 Å². The highest BCUT2D eigenvalue weighted by molar-refractivity contribution is 7.89. The number of ether oxygens (including phenoxy) is 1. The topological polar surface area (TPSA) is 98.5 Å². The van der Waals surface area contributed by atoms with Crippen molar-refractivity contribution >= 4 is 15.7 Å². The zero-order chi connectivity index (χ0) is 16.3.